The molecular formula is C11H12F4O. The summed E-state index contributed by atoms with van der Waals surface area (Å²) in [4.78, 5) is 0. The molecule has 0 fully saturated rings. The van der Waals surface area contributed by atoms with E-state index in [9.17, 15) is 17.6 Å². The zero-order valence-corrected chi connectivity index (χ0v) is 8.94. The molecule has 0 aromatic heterocycles. The largest absolute Gasteiger partial charge is 0.416 e. The summed E-state index contributed by atoms with van der Waals surface area (Å²) >= 11 is 0. The van der Waals surface area contributed by atoms with Crippen LogP contribution in [0, 0.1) is 5.82 Å². The molecule has 90 valence electrons. The molecule has 0 radical (unpaired) electrons. The average molecular weight is 236 g/mol. The summed E-state index contributed by atoms with van der Waals surface area (Å²) in [5.74, 6) is -0.902. The van der Waals surface area contributed by atoms with Crippen molar-refractivity contribution < 1.29 is 22.3 Å². The molecule has 0 aliphatic rings. The van der Waals surface area contributed by atoms with Gasteiger partial charge in [0.05, 0.1) is 18.3 Å². The lowest BCUT2D eigenvalue weighted by Crippen LogP contribution is -2.12. The van der Waals surface area contributed by atoms with Crippen molar-refractivity contribution in [2.45, 2.75) is 32.7 Å². The van der Waals surface area contributed by atoms with Gasteiger partial charge in [0.25, 0.3) is 0 Å². The molecule has 1 rings (SSSR count). The molecule has 0 heterocycles. The Morgan fingerprint density at radius 3 is 2.38 bits per heavy atom. The predicted molar refractivity (Wildman–Crippen MR) is 51.3 cm³/mol. The fraction of sp³-hybridized carbons (Fsp3) is 0.455. The first kappa shape index (κ1) is 13.0. The summed E-state index contributed by atoms with van der Waals surface area (Å²) in [6.07, 6.45) is -4.73. The average Bonchev–Trinajstić information content (AvgIpc) is 2.14. The monoisotopic (exact) mass is 236 g/mol. The highest BCUT2D eigenvalue weighted by atomic mass is 19.4. The number of hydrogen-bond acceptors (Lipinski definition) is 1. The van der Waals surface area contributed by atoms with Gasteiger partial charge < -0.3 is 4.74 Å². The number of benzene rings is 1. The van der Waals surface area contributed by atoms with Gasteiger partial charge in [-0.25, -0.2) is 4.39 Å². The van der Waals surface area contributed by atoms with Crippen LogP contribution in [0.25, 0.3) is 0 Å². The van der Waals surface area contributed by atoms with Crippen LogP contribution in [0.2, 0.25) is 0 Å². The Bertz CT molecular complexity index is 357. The van der Waals surface area contributed by atoms with Crippen molar-refractivity contribution in [3.63, 3.8) is 0 Å². The molecule has 0 saturated carbocycles. The second kappa shape index (κ2) is 4.82. The van der Waals surface area contributed by atoms with Crippen LogP contribution in [-0.2, 0) is 17.5 Å². The van der Waals surface area contributed by atoms with Crippen molar-refractivity contribution in [1.82, 2.24) is 0 Å². The summed E-state index contributed by atoms with van der Waals surface area (Å²) in [6, 6.07) is 2.58. The zero-order valence-electron chi connectivity index (χ0n) is 8.94. The van der Waals surface area contributed by atoms with Gasteiger partial charge in [0.1, 0.15) is 5.82 Å². The van der Waals surface area contributed by atoms with Crippen LogP contribution in [0.15, 0.2) is 18.2 Å². The van der Waals surface area contributed by atoms with Crippen LogP contribution in [0.4, 0.5) is 17.6 Å². The molecule has 0 aliphatic heterocycles. The van der Waals surface area contributed by atoms with E-state index in [0.29, 0.717) is 6.07 Å². The Morgan fingerprint density at radius 2 is 1.88 bits per heavy atom. The van der Waals surface area contributed by atoms with E-state index in [0.717, 1.165) is 12.1 Å². The first-order valence-electron chi connectivity index (χ1n) is 4.78. The van der Waals surface area contributed by atoms with Crippen molar-refractivity contribution in [2.75, 3.05) is 0 Å². The van der Waals surface area contributed by atoms with Crippen molar-refractivity contribution >= 4 is 0 Å². The standard InChI is InChI=1S/C11H12F4O/c1-7(2)16-6-8-3-4-9(12)5-10(8)11(13,14)15/h3-5,7H,6H2,1-2H3. The van der Waals surface area contributed by atoms with Crippen molar-refractivity contribution in [1.29, 1.82) is 0 Å². The molecule has 0 aliphatic carbocycles. The zero-order chi connectivity index (χ0) is 12.3. The Kier molecular flexibility index (Phi) is 3.91. The maximum Gasteiger partial charge on any atom is 0.416 e. The Hall–Kier alpha value is -1.10. The fourth-order valence-electron chi connectivity index (χ4n) is 1.19. The smallest absolute Gasteiger partial charge is 0.374 e. The van der Waals surface area contributed by atoms with Gasteiger partial charge in [0, 0.05) is 0 Å². The van der Waals surface area contributed by atoms with E-state index in [4.69, 9.17) is 4.74 Å². The third kappa shape index (κ3) is 3.48. The number of halogens is 4. The van der Waals surface area contributed by atoms with Gasteiger partial charge in [-0.3, -0.25) is 0 Å². The van der Waals surface area contributed by atoms with Crippen LogP contribution in [-0.4, -0.2) is 6.10 Å². The van der Waals surface area contributed by atoms with Gasteiger partial charge in [-0.15, -0.1) is 0 Å². The van der Waals surface area contributed by atoms with E-state index < -0.39 is 17.6 Å². The molecule has 16 heavy (non-hydrogen) atoms. The number of alkyl halides is 3. The molecule has 5 heteroatoms. The predicted octanol–water partition coefficient (Wildman–Crippen LogP) is 3.77. The highest BCUT2D eigenvalue weighted by Gasteiger charge is 2.33. The highest BCUT2D eigenvalue weighted by Crippen LogP contribution is 2.32. The lowest BCUT2D eigenvalue weighted by atomic mass is 10.1. The van der Waals surface area contributed by atoms with Gasteiger partial charge in [-0.1, -0.05) is 6.07 Å². The lowest BCUT2D eigenvalue weighted by molar-refractivity contribution is -0.139. The van der Waals surface area contributed by atoms with Crippen LogP contribution < -0.4 is 0 Å². The third-order valence-corrected chi connectivity index (χ3v) is 1.95. The maximum absolute atomic E-state index is 12.7. The molecule has 1 aromatic rings. The van der Waals surface area contributed by atoms with Crippen molar-refractivity contribution in [2.24, 2.45) is 0 Å². The highest BCUT2D eigenvalue weighted by molar-refractivity contribution is 5.29. The summed E-state index contributed by atoms with van der Waals surface area (Å²) in [6.45, 7) is 3.26. The van der Waals surface area contributed by atoms with Crippen molar-refractivity contribution in [3.8, 4) is 0 Å². The fourth-order valence-corrected chi connectivity index (χ4v) is 1.19. The van der Waals surface area contributed by atoms with Crippen LogP contribution in [0.3, 0.4) is 0 Å². The van der Waals surface area contributed by atoms with Crippen LogP contribution in [0.1, 0.15) is 25.0 Å². The van der Waals surface area contributed by atoms with Crippen LogP contribution in [0.5, 0.6) is 0 Å². The van der Waals surface area contributed by atoms with Gasteiger partial charge >= 0.3 is 6.18 Å². The van der Waals surface area contributed by atoms with E-state index in [1.165, 1.54) is 0 Å². The van der Waals surface area contributed by atoms with E-state index in [-0.39, 0.29) is 18.3 Å². The molecule has 0 N–H and O–H groups in total. The minimum Gasteiger partial charge on any atom is -0.374 e. The van der Waals surface area contributed by atoms with Gasteiger partial charge in [0.15, 0.2) is 0 Å². The second-order valence-corrected chi connectivity index (χ2v) is 3.66. The second-order valence-electron chi connectivity index (χ2n) is 3.66. The first-order valence-corrected chi connectivity index (χ1v) is 4.78. The number of ether oxygens (including phenoxy) is 1. The number of hydrogen-bond donors (Lipinski definition) is 0. The van der Waals surface area contributed by atoms with Gasteiger partial charge in [-0.2, -0.15) is 13.2 Å². The summed E-state index contributed by atoms with van der Waals surface area (Å²) < 4.78 is 55.4. The van der Waals surface area contributed by atoms with Crippen molar-refractivity contribution in [3.05, 3.63) is 35.1 Å². The maximum atomic E-state index is 12.7. The Labute approximate surface area is 91.0 Å². The molecule has 1 aromatic carbocycles. The quantitative estimate of drug-likeness (QED) is 0.726. The minimum absolute atomic E-state index is 0.0531. The lowest BCUT2D eigenvalue weighted by Gasteiger charge is -2.14. The molecule has 0 unspecified atom stereocenters. The molecule has 1 nitrogen and oxygen atoms in total. The first-order chi connectivity index (χ1) is 7.30. The molecular weight excluding hydrogens is 224 g/mol. The topological polar surface area (TPSA) is 9.23 Å². The summed E-state index contributed by atoms with van der Waals surface area (Å²) in [7, 11) is 0. The minimum atomic E-state index is -4.56. The van der Waals surface area contributed by atoms with Crippen LogP contribution >= 0.6 is 0 Å². The van der Waals surface area contributed by atoms with Gasteiger partial charge in [-0.05, 0) is 31.5 Å². The molecule has 0 bridgehead atoms. The Morgan fingerprint density at radius 1 is 1.25 bits per heavy atom. The third-order valence-electron chi connectivity index (χ3n) is 1.95. The molecule has 0 spiro atoms. The molecule has 0 saturated heterocycles. The molecule has 0 atom stereocenters. The van der Waals surface area contributed by atoms with E-state index in [1.54, 1.807) is 13.8 Å². The SMILES string of the molecule is CC(C)OCc1ccc(F)cc1C(F)(F)F. The summed E-state index contributed by atoms with van der Waals surface area (Å²) in [5, 5.41) is 0. The summed E-state index contributed by atoms with van der Waals surface area (Å²) in [5.41, 5.74) is -1.03. The number of rotatable bonds is 3. The normalized spacial score (nSPS) is 12.2. The van der Waals surface area contributed by atoms with E-state index in [1.807, 2.05) is 0 Å². The van der Waals surface area contributed by atoms with E-state index >= 15 is 0 Å². The van der Waals surface area contributed by atoms with Gasteiger partial charge in [0.2, 0.25) is 0 Å². The van der Waals surface area contributed by atoms with E-state index in [2.05, 4.69) is 0 Å². The molecule has 0 amide bonds. The Balaban J connectivity index is 2.99.